The molecule has 6 rings (SSSR count). The lowest BCUT2D eigenvalue weighted by Crippen LogP contribution is -2.58. The molecule has 0 radical (unpaired) electrons. The van der Waals surface area contributed by atoms with E-state index in [1.54, 1.807) is 6.07 Å². The van der Waals surface area contributed by atoms with Crippen LogP contribution in [-0.4, -0.2) is 62.7 Å². The molecule has 10 heteroatoms. The second-order valence-electron chi connectivity index (χ2n) is 12.1. The Morgan fingerprint density at radius 3 is 2.64 bits per heavy atom. The maximum atomic E-state index is 11.5. The molecular weight excluding hydrogens is 535 g/mol. The minimum atomic E-state index is -0.656. The molecule has 8 nitrogen and oxygen atoms in total. The Bertz CT molecular complexity index is 1400. The standard InChI is InChI=1S/C29H36Cl2N6O2/c1-17(22-7-6-20(30)11-23(22)31)32-26-25-24(8-10-35(25)3)33-28(34-26)37-15-19(16-37)18-5-4-9-36(14-18)21-12-29(2,13-21)27(38)39/h6-8,10-11,17-19,21H,4-5,9,12-16H2,1-3H3,(H,38,39)(H,32,33,34)/t17-,18+,21?,29?/m1/s1. The molecular formula is C29H36Cl2N6O2. The van der Waals surface area contributed by atoms with Crippen molar-refractivity contribution >= 4 is 52.0 Å². The fraction of sp³-hybridized carbons (Fsp3) is 0.552. The number of fused-ring (bicyclic) bond motifs is 1. The maximum absolute atomic E-state index is 11.5. The summed E-state index contributed by atoms with van der Waals surface area (Å²) in [5.74, 6) is 2.14. The molecule has 3 fully saturated rings. The quantitative estimate of drug-likeness (QED) is 0.368. The number of benzene rings is 1. The summed E-state index contributed by atoms with van der Waals surface area (Å²) >= 11 is 12.6. The molecule has 1 saturated carbocycles. The summed E-state index contributed by atoms with van der Waals surface area (Å²) in [5, 5.41) is 14.3. The number of aliphatic carboxylic acids is 1. The van der Waals surface area contributed by atoms with E-state index in [4.69, 9.17) is 33.2 Å². The van der Waals surface area contributed by atoms with Crippen LogP contribution in [0, 0.1) is 17.3 Å². The molecule has 3 aliphatic rings. The first-order chi connectivity index (χ1) is 18.6. The largest absolute Gasteiger partial charge is 0.481 e. The first-order valence-electron chi connectivity index (χ1n) is 13.9. The zero-order chi connectivity index (χ0) is 27.5. The molecule has 0 bridgehead atoms. The zero-order valence-electron chi connectivity index (χ0n) is 22.7. The first kappa shape index (κ1) is 26.7. The third-order valence-electron chi connectivity index (χ3n) is 9.24. The van der Waals surface area contributed by atoms with Crippen molar-refractivity contribution in [3.63, 3.8) is 0 Å². The topological polar surface area (TPSA) is 86.5 Å². The van der Waals surface area contributed by atoms with Crippen molar-refractivity contribution in [3.05, 3.63) is 46.1 Å². The van der Waals surface area contributed by atoms with Crippen LogP contribution in [0.2, 0.25) is 10.0 Å². The van der Waals surface area contributed by atoms with Crippen molar-refractivity contribution in [2.24, 2.45) is 24.3 Å². The van der Waals surface area contributed by atoms with Gasteiger partial charge in [-0.25, -0.2) is 4.98 Å². The van der Waals surface area contributed by atoms with E-state index in [1.165, 1.54) is 12.8 Å². The van der Waals surface area contributed by atoms with E-state index < -0.39 is 11.4 Å². The molecule has 2 N–H and O–H groups in total. The number of hydrogen-bond donors (Lipinski definition) is 2. The molecule has 2 saturated heterocycles. The second-order valence-corrected chi connectivity index (χ2v) is 12.9. The van der Waals surface area contributed by atoms with Gasteiger partial charge in [0.05, 0.1) is 17.0 Å². The van der Waals surface area contributed by atoms with Gasteiger partial charge in [0, 0.05) is 49.0 Å². The highest BCUT2D eigenvalue weighted by atomic mass is 35.5. The number of rotatable bonds is 7. The third kappa shape index (κ3) is 4.96. The van der Waals surface area contributed by atoms with Crippen LogP contribution in [0.25, 0.3) is 11.0 Å². The lowest BCUT2D eigenvalue weighted by molar-refractivity contribution is -0.158. The number of hydrogen-bond acceptors (Lipinski definition) is 6. The molecule has 0 amide bonds. The molecule has 1 aromatic carbocycles. The van der Waals surface area contributed by atoms with Crippen molar-refractivity contribution in [1.82, 2.24) is 19.4 Å². The third-order valence-corrected chi connectivity index (χ3v) is 9.81. The van der Waals surface area contributed by atoms with Crippen LogP contribution in [0.5, 0.6) is 0 Å². The highest BCUT2D eigenvalue weighted by Gasteiger charge is 2.49. The Labute approximate surface area is 239 Å². The average molecular weight is 572 g/mol. The van der Waals surface area contributed by atoms with Gasteiger partial charge < -0.3 is 24.8 Å². The van der Waals surface area contributed by atoms with Gasteiger partial charge in [0.1, 0.15) is 5.52 Å². The minimum absolute atomic E-state index is 0.0672. The predicted molar refractivity (Wildman–Crippen MR) is 156 cm³/mol. The van der Waals surface area contributed by atoms with Gasteiger partial charge in [-0.05, 0) is 81.7 Å². The molecule has 2 atom stereocenters. The molecule has 2 aromatic heterocycles. The average Bonchev–Trinajstić information content (AvgIpc) is 3.22. The van der Waals surface area contributed by atoms with E-state index in [-0.39, 0.29) is 6.04 Å². The van der Waals surface area contributed by atoms with Crippen molar-refractivity contribution in [2.75, 3.05) is 36.4 Å². The summed E-state index contributed by atoms with van der Waals surface area (Å²) in [4.78, 5) is 26.3. The zero-order valence-corrected chi connectivity index (χ0v) is 24.2. The molecule has 208 valence electrons. The molecule has 2 aliphatic heterocycles. The highest BCUT2D eigenvalue weighted by Crippen LogP contribution is 2.45. The van der Waals surface area contributed by atoms with Gasteiger partial charge in [-0.1, -0.05) is 29.3 Å². The number of nitrogens with zero attached hydrogens (tertiary/aromatic N) is 5. The number of piperidine rings is 1. The number of carboxylic acid groups (broad SMARTS) is 1. The minimum Gasteiger partial charge on any atom is -0.481 e. The molecule has 39 heavy (non-hydrogen) atoms. The lowest BCUT2D eigenvalue weighted by atomic mass is 9.65. The lowest BCUT2D eigenvalue weighted by Gasteiger charge is -2.52. The van der Waals surface area contributed by atoms with Gasteiger partial charge in [-0.2, -0.15) is 4.98 Å². The van der Waals surface area contributed by atoms with E-state index >= 15 is 0 Å². The monoisotopic (exact) mass is 570 g/mol. The number of carbonyl (C=O) groups is 1. The van der Waals surface area contributed by atoms with Crippen LogP contribution in [0.4, 0.5) is 11.8 Å². The Morgan fingerprint density at radius 2 is 1.92 bits per heavy atom. The van der Waals surface area contributed by atoms with Crippen molar-refractivity contribution in [3.8, 4) is 0 Å². The van der Waals surface area contributed by atoms with E-state index in [0.29, 0.717) is 27.9 Å². The number of likely N-dealkylation sites (tertiary alicyclic amines) is 1. The molecule has 4 heterocycles. The smallest absolute Gasteiger partial charge is 0.309 e. The molecule has 0 spiro atoms. The Morgan fingerprint density at radius 1 is 1.15 bits per heavy atom. The number of anilines is 2. The number of aromatic nitrogens is 3. The fourth-order valence-electron chi connectivity index (χ4n) is 6.70. The number of aryl methyl sites for hydroxylation is 1. The normalized spacial score (nSPS) is 26.7. The molecule has 3 aromatic rings. The predicted octanol–water partition coefficient (Wildman–Crippen LogP) is 5.85. The van der Waals surface area contributed by atoms with Gasteiger partial charge >= 0.3 is 5.97 Å². The summed E-state index contributed by atoms with van der Waals surface area (Å²) in [6, 6.07) is 7.95. The van der Waals surface area contributed by atoms with Gasteiger partial charge in [-0.3, -0.25) is 4.79 Å². The first-order valence-corrected chi connectivity index (χ1v) is 14.6. The number of halogens is 2. The van der Waals surface area contributed by atoms with Crippen LogP contribution >= 0.6 is 23.2 Å². The fourth-order valence-corrected chi connectivity index (χ4v) is 7.27. The maximum Gasteiger partial charge on any atom is 0.309 e. The van der Waals surface area contributed by atoms with Gasteiger partial charge in [0.15, 0.2) is 5.82 Å². The van der Waals surface area contributed by atoms with Crippen molar-refractivity contribution < 1.29 is 9.90 Å². The summed E-state index contributed by atoms with van der Waals surface area (Å²) < 4.78 is 2.04. The van der Waals surface area contributed by atoms with Crippen molar-refractivity contribution in [1.29, 1.82) is 0 Å². The van der Waals surface area contributed by atoms with E-state index in [9.17, 15) is 9.90 Å². The van der Waals surface area contributed by atoms with Crippen LogP contribution in [0.3, 0.4) is 0 Å². The van der Waals surface area contributed by atoms with Crippen LogP contribution in [0.15, 0.2) is 30.5 Å². The number of nitrogens with one attached hydrogen (secondary N) is 1. The Kier molecular flexibility index (Phi) is 6.92. The van der Waals surface area contributed by atoms with E-state index in [0.717, 1.165) is 67.4 Å². The van der Waals surface area contributed by atoms with Gasteiger partial charge in [0.2, 0.25) is 5.95 Å². The molecule has 1 aliphatic carbocycles. The summed E-state index contributed by atoms with van der Waals surface area (Å²) in [7, 11) is 2.01. The summed E-state index contributed by atoms with van der Waals surface area (Å²) in [5.41, 5.74) is 2.30. The molecule has 0 unspecified atom stereocenters. The van der Waals surface area contributed by atoms with E-state index in [1.807, 2.05) is 42.9 Å². The summed E-state index contributed by atoms with van der Waals surface area (Å²) in [6.07, 6.45) is 5.98. The van der Waals surface area contributed by atoms with Gasteiger partial charge in [0.25, 0.3) is 0 Å². The summed E-state index contributed by atoms with van der Waals surface area (Å²) in [6.45, 7) is 8.02. The van der Waals surface area contributed by atoms with Crippen LogP contribution < -0.4 is 10.2 Å². The SMILES string of the molecule is C[C@@H](Nc1nc(N2CC([C@H]3CCCN(C4CC(C)(C(=O)O)C4)C3)C2)nc2ccn(C)c12)c1ccc(Cl)cc1Cl. The van der Waals surface area contributed by atoms with E-state index in [2.05, 4.69) is 22.0 Å². The highest BCUT2D eigenvalue weighted by molar-refractivity contribution is 6.35. The number of carboxylic acids is 1. The van der Waals surface area contributed by atoms with Crippen LogP contribution in [-0.2, 0) is 11.8 Å². The van der Waals surface area contributed by atoms with Crippen molar-refractivity contribution in [2.45, 2.75) is 51.6 Å². The Hall–Kier alpha value is -2.55. The van der Waals surface area contributed by atoms with Gasteiger partial charge in [-0.15, -0.1) is 0 Å². The Balaban J connectivity index is 1.14. The van der Waals surface area contributed by atoms with Crippen LogP contribution in [0.1, 0.15) is 51.1 Å². The second kappa shape index (κ2) is 10.1.